The lowest BCUT2D eigenvalue weighted by molar-refractivity contribution is -0.142. The molecule has 11 heteroatoms. The molecule has 0 unspecified atom stereocenters. The summed E-state index contributed by atoms with van der Waals surface area (Å²) in [6.45, 7) is 6.43. The smallest absolute Gasteiger partial charge is 0.247 e. The number of benzene rings is 2. The van der Waals surface area contributed by atoms with Gasteiger partial charge in [0.1, 0.15) is 18.4 Å². The summed E-state index contributed by atoms with van der Waals surface area (Å²) in [6, 6.07) is 10.4. The van der Waals surface area contributed by atoms with E-state index < -0.39 is 6.04 Å². The highest BCUT2D eigenvalue weighted by molar-refractivity contribution is 5.87. The van der Waals surface area contributed by atoms with Crippen molar-refractivity contribution >= 4 is 11.8 Å². The number of hydrogen-bond acceptors (Lipinski definition) is 7. The number of rotatable bonds is 13. The molecule has 2 amide bonds. The number of ether oxygens (including phenoxy) is 2. The predicted octanol–water partition coefficient (Wildman–Crippen LogP) is 3.47. The summed E-state index contributed by atoms with van der Waals surface area (Å²) in [7, 11) is 3.08. The van der Waals surface area contributed by atoms with Gasteiger partial charge in [-0.1, -0.05) is 32.9 Å². The van der Waals surface area contributed by atoms with Crippen LogP contribution in [0.1, 0.15) is 39.2 Å². The molecule has 0 saturated carbocycles. The van der Waals surface area contributed by atoms with Gasteiger partial charge in [-0.3, -0.25) is 9.59 Å². The van der Waals surface area contributed by atoms with Crippen LogP contribution in [-0.4, -0.2) is 63.7 Å². The molecule has 0 aliphatic rings. The van der Waals surface area contributed by atoms with Gasteiger partial charge in [-0.05, 0) is 59.9 Å². The van der Waals surface area contributed by atoms with Gasteiger partial charge in [0.15, 0.2) is 11.5 Å². The van der Waals surface area contributed by atoms with Crippen LogP contribution in [0.5, 0.6) is 11.5 Å². The summed E-state index contributed by atoms with van der Waals surface area (Å²) in [5.41, 5.74) is 1.34. The normalized spacial score (nSPS) is 11.8. The maximum atomic E-state index is 13.5. The lowest BCUT2D eigenvalue weighted by atomic mass is 10.1. The Bertz CT molecular complexity index is 1210. The fourth-order valence-electron chi connectivity index (χ4n) is 3.92. The number of nitrogens with zero attached hydrogens (tertiary/aromatic N) is 5. The highest BCUT2D eigenvalue weighted by atomic mass is 19.1. The Kier molecular flexibility index (Phi) is 10.1. The molecule has 0 bridgehead atoms. The fraction of sp³-hybridized carbons (Fsp3) is 0.444. The molecule has 0 saturated heterocycles. The third kappa shape index (κ3) is 7.50. The molecule has 3 rings (SSSR count). The molecule has 204 valence electrons. The van der Waals surface area contributed by atoms with Crippen molar-refractivity contribution in [2.75, 3.05) is 20.8 Å². The number of hydrogen-bond donors (Lipinski definition) is 1. The average molecular weight is 527 g/mol. The van der Waals surface area contributed by atoms with Crippen LogP contribution in [0.15, 0.2) is 42.5 Å². The molecule has 2 aromatic carbocycles. The van der Waals surface area contributed by atoms with Gasteiger partial charge in [-0.25, -0.2) is 4.39 Å². The average Bonchev–Trinajstić information content (AvgIpc) is 3.37. The van der Waals surface area contributed by atoms with Crippen LogP contribution in [0.3, 0.4) is 0 Å². The van der Waals surface area contributed by atoms with E-state index in [-0.39, 0.29) is 30.7 Å². The first-order valence-electron chi connectivity index (χ1n) is 12.6. The topological polar surface area (TPSA) is 111 Å². The number of amides is 2. The molecule has 0 spiro atoms. The highest BCUT2D eigenvalue weighted by Gasteiger charge is 2.29. The number of tetrazole rings is 1. The molecule has 1 atom stereocenters. The SMILES string of the molecule is CC[C@H](C(=O)NCCC(C)C)N(Cc1ccc(F)cc1)C(=O)Cn1nnc(-c2ccc(OC)c(OC)c2)n1. The first-order valence-corrected chi connectivity index (χ1v) is 12.6. The van der Waals surface area contributed by atoms with Crippen molar-refractivity contribution in [3.63, 3.8) is 0 Å². The summed E-state index contributed by atoms with van der Waals surface area (Å²) in [5, 5.41) is 15.4. The maximum absolute atomic E-state index is 13.5. The molecular formula is C27H35FN6O4. The monoisotopic (exact) mass is 526 g/mol. The molecule has 3 aromatic rings. The Morgan fingerprint density at radius 3 is 2.42 bits per heavy atom. The number of methoxy groups -OCH3 is 2. The first-order chi connectivity index (χ1) is 18.2. The van der Waals surface area contributed by atoms with Crippen LogP contribution in [0.2, 0.25) is 0 Å². The minimum atomic E-state index is -0.714. The lowest BCUT2D eigenvalue weighted by Crippen LogP contribution is -2.50. The summed E-state index contributed by atoms with van der Waals surface area (Å²) in [6.07, 6.45) is 1.23. The van der Waals surface area contributed by atoms with E-state index in [9.17, 15) is 14.0 Å². The van der Waals surface area contributed by atoms with E-state index in [1.54, 1.807) is 37.4 Å². The standard InChI is InChI=1S/C27H35FN6O4/c1-6-22(27(36)29-14-13-18(2)3)33(16-19-7-10-21(28)11-8-19)25(35)17-34-31-26(30-32-34)20-9-12-23(37-4)24(15-20)38-5/h7-12,15,18,22H,6,13-14,16-17H2,1-5H3,(H,29,36)/t22-/m1/s1. The van der Waals surface area contributed by atoms with Crippen molar-refractivity contribution in [3.8, 4) is 22.9 Å². The molecule has 0 aliphatic heterocycles. The Morgan fingerprint density at radius 2 is 1.79 bits per heavy atom. The second kappa shape index (κ2) is 13.5. The van der Waals surface area contributed by atoms with Crippen LogP contribution in [0.4, 0.5) is 4.39 Å². The zero-order valence-electron chi connectivity index (χ0n) is 22.5. The molecule has 38 heavy (non-hydrogen) atoms. The largest absolute Gasteiger partial charge is 0.493 e. The number of aromatic nitrogens is 4. The van der Waals surface area contributed by atoms with Gasteiger partial charge < -0.3 is 19.7 Å². The number of carbonyl (C=O) groups is 2. The number of halogens is 1. The van der Waals surface area contributed by atoms with Crippen molar-refractivity contribution < 1.29 is 23.5 Å². The van der Waals surface area contributed by atoms with Gasteiger partial charge in [-0.15, -0.1) is 10.2 Å². The number of nitrogens with one attached hydrogen (secondary N) is 1. The van der Waals surface area contributed by atoms with Crippen molar-refractivity contribution in [1.82, 2.24) is 30.4 Å². The van der Waals surface area contributed by atoms with Gasteiger partial charge in [0.25, 0.3) is 0 Å². The minimum absolute atomic E-state index is 0.131. The Labute approximate surface area is 222 Å². The van der Waals surface area contributed by atoms with Gasteiger partial charge in [0, 0.05) is 18.7 Å². The van der Waals surface area contributed by atoms with Crippen LogP contribution in [-0.2, 0) is 22.7 Å². The molecule has 1 heterocycles. The number of carbonyl (C=O) groups excluding carboxylic acids is 2. The highest BCUT2D eigenvalue weighted by Crippen LogP contribution is 2.30. The Morgan fingerprint density at radius 1 is 1.08 bits per heavy atom. The van der Waals surface area contributed by atoms with E-state index in [2.05, 4.69) is 34.6 Å². The molecule has 0 aliphatic carbocycles. The van der Waals surface area contributed by atoms with Crippen molar-refractivity contribution in [2.45, 2.75) is 52.7 Å². The second-order valence-electron chi connectivity index (χ2n) is 9.26. The quantitative estimate of drug-likeness (QED) is 0.363. The van der Waals surface area contributed by atoms with E-state index in [1.165, 1.54) is 28.9 Å². The van der Waals surface area contributed by atoms with Crippen LogP contribution in [0.25, 0.3) is 11.4 Å². The van der Waals surface area contributed by atoms with Gasteiger partial charge in [0.05, 0.1) is 14.2 Å². The molecular weight excluding hydrogens is 491 g/mol. The third-order valence-corrected chi connectivity index (χ3v) is 6.04. The van der Waals surface area contributed by atoms with Gasteiger partial charge >= 0.3 is 0 Å². The van der Waals surface area contributed by atoms with Crippen LogP contribution in [0, 0.1) is 11.7 Å². The predicted molar refractivity (Wildman–Crippen MR) is 140 cm³/mol. The zero-order chi connectivity index (χ0) is 27.7. The van der Waals surface area contributed by atoms with Gasteiger partial charge in [0.2, 0.25) is 17.6 Å². The second-order valence-corrected chi connectivity index (χ2v) is 9.26. The molecule has 10 nitrogen and oxygen atoms in total. The van der Waals surface area contributed by atoms with Crippen LogP contribution < -0.4 is 14.8 Å². The molecule has 1 N–H and O–H groups in total. The van der Waals surface area contributed by atoms with Crippen LogP contribution >= 0.6 is 0 Å². The fourth-order valence-corrected chi connectivity index (χ4v) is 3.92. The van der Waals surface area contributed by atoms with E-state index in [0.29, 0.717) is 47.3 Å². The summed E-state index contributed by atoms with van der Waals surface area (Å²) >= 11 is 0. The summed E-state index contributed by atoms with van der Waals surface area (Å²) in [4.78, 5) is 29.2. The van der Waals surface area contributed by atoms with Crippen molar-refractivity contribution in [3.05, 3.63) is 53.8 Å². The van der Waals surface area contributed by atoms with E-state index in [0.717, 1.165) is 6.42 Å². The van der Waals surface area contributed by atoms with Crippen molar-refractivity contribution in [1.29, 1.82) is 0 Å². The molecule has 0 fully saturated rings. The minimum Gasteiger partial charge on any atom is -0.493 e. The van der Waals surface area contributed by atoms with E-state index >= 15 is 0 Å². The molecule has 1 aromatic heterocycles. The Hall–Kier alpha value is -4.02. The third-order valence-electron chi connectivity index (χ3n) is 6.04. The summed E-state index contributed by atoms with van der Waals surface area (Å²) < 4.78 is 24.1. The zero-order valence-corrected chi connectivity index (χ0v) is 22.5. The van der Waals surface area contributed by atoms with E-state index in [1.807, 2.05) is 6.92 Å². The Balaban J connectivity index is 1.81. The summed E-state index contributed by atoms with van der Waals surface area (Å²) in [5.74, 6) is 0.842. The maximum Gasteiger partial charge on any atom is 0.247 e. The van der Waals surface area contributed by atoms with Crippen molar-refractivity contribution in [2.24, 2.45) is 5.92 Å². The van der Waals surface area contributed by atoms with Gasteiger partial charge in [-0.2, -0.15) is 4.80 Å². The first kappa shape index (κ1) is 28.5. The lowest BCUT2D eigenvalue weighted by Gasteiger charge is -2.30. The van der Waals surface area contributed by atoms with E-state index in [4.69, 9.17) is 9.47 Å². The molecule has 0 radical (unpaired) electrons.